The van der Waals surface area contributed by atoms with E-state index in [-0.39, 0.29) is 17.2 Å². The molecule has 0 spiro atoms. The lowest BCUT2D eigenvalue weighted by molar-refractivity contribution is 0.103. The fourth-order valence-corrected chi connectivity index (χ4v) is 2.39. The summed E-state index contributed by atoms with van der Waals surface area (Å²) in [6.07, 6.45) is 3.04. The summed E-state index contributed by atoms with van der Waals surface area (Å²) in [5.41, 5.74) is 1.31. The second-order valence-corrected chi connectivity index (χ2v) is 4.32. The van der Waals surface area contributed by atoms with Crippen molar-refractivity contribution in [2.24, 2.45) is 0 Å². The number of hydrogen-bond donors (Lipinski definition) is 0. The first-order chi connectivity index (χ1) is 10.3. The first kappa shape index (κ1) is 13.2. The van der Waals surface area contributed by atoms with Gasteiger partial charge < -0.3 is 0 Å². The Labute approximate surface area is 120 Å². The van der Waals surface area contributed by atoms with Gasteiger partial charge in [-0.05, 0) is 18.2 Å². The number of rotatable bonds is 0. The maximum atomic E-state index is 12.5. The molecule has 1 aliphatic rings. The van der Waals surface area contributed by atoms with E-state index in [0.29, 0.717) is 22.2 Å². The molecule has 0 radical (unpaired) electrons. The Morgan fingerprint density at radius 1 is 1.05 bits per heavy atom. The molecule has 0 unspecified atom stereocenters. The average molecular weight is 279 g/mol. The van der Waals surface area contributed by atoms with Crippen molar-refractivity contribution in [1.29, 1.82) is 0 Å². The molecule has 4 rings (SSSR count). The lowest BCUT2D eigenvalue weighted by atomic mass is 10.1. The maximum Gasteiger partial charge on any atom is 0.266 e. The number of nitrogens with zero attached hydrogens (tertiary/aromatic N) is 3. The molecule has 2 aromatic heterocycles. The number of carbonyl (C=O) groups excluding carboxylic acids is 1. The molecule has 1 aliphatic heterocycles. The van der Waals surface area contributed by atoms with E-state index >= 15 is 0 Å². The van der Waals surface area contributed by atoms with Crippen LogP contribution in [0.15, 0.2) is 47.5 Å². The molecule has 0 bridgehead atoms. The normalized spacial score (nSPS) is 11.6. The number of ketones is 1. The predicted octanol–water partition coefficient (Wildman–Crippen LogP) is 2.35. The van der Waals surface area contributed by atoms with Crippen LogP contribution in [0.25, 0.3) is 16.6 Å². The Morgan fingerprint density at radius 2 is 1.81 bits per heavy atom. The molecule has 0 fully saturated rings. The van der Waals surface area contributed by atoms with Crippen LogP contribution in [0.1, 0.15) is 30.0 Å². The third-order valence-corrected chi connectivity index (χ3v) is 3.26. The second kappa shape index (κ2) is 4.94. The molecular weight excluding hydrogens is 266 g/mol. The molecule has 0 saturated carbocycles. The second-order valence-electron chi connectivity index (χ2n) is 4.32. The largest absolute Gasteiger partial charge is 0.285 e. The lowest BCUT2D eigenvalue weighted by Crippen LogP contribution is -2.21. The number of para-hydroxylation sites is 1. The zero-order valence-electron chi connectivity index (χ0n) is 11.7. The van der Waals surface area contributed by atoms with Gasteiger partial charge in [-0.25, -0.2) is 4.98 Å². The minimum atomic E-state index is -0.235. The summed E-state index contributed by atoms with van der Waals surface area (Å²) in [7, 11) is 0. The van der Waals surface area contributed by atoms with Gasteiger partial charge in [0.2, 0.25) is 5.78 Å². The lowest BCUT2D eigenvalue weighted by Gasteiger charge is -2.04. The van der Waals surface area contributed by atoms with E-state index in [1.54, 1.807) is 36.5 Å². The number of aromatic nitrogens is 3. The van der Waals surface area contributed by atoms with Crippen LogP contribution in [0.3, 0.4) is 0 Å². The molecule has 0 N–H and O–H groups in total. The fourth-order valence-electron chi connectivity index (χ4n) is 2.39. The summed E-state index contributed by atoms with van der Waals surface area (Å²) in [6, 6.07) is 8.64. The molecule has 3 heterocycles. The molecule has 0 amide bonds. The van der Waals surface area contributed by atoms with Gasteiger partial charge in [-0.3, -0.25) is 19.1 Å². The van der Waals surface area contributed by atoms with Gasteiger partial charge in [0.05, 0.1) is 28.4 Å². The Morgan fingerprint density at radius 3 is 2.62 bits per heavy atom. The van der Waals surface area contributed by atoms with Crippen molar-refractivity contribution in [2.75, 3.05) is 0 Å². The summed E-state index contributed by atoms with van der Waals surface area (Å²) in [4.78, 5) is 32.9. The maximum absolute atomic E-state index is 12.5. The summed E-state index contributed by atoms with van der Waals surface area (Å²) >= 11 is 0. The Balaban J connectivity index is 0.000000636. The molecule has 0 atom stereocenters. The summed E-state index contributed by atoms with van der Waals surface area (Å²) in [5.74, 6) is -0.0647. The fraction of sp³-hybridized carbons (Fsp3) is 0.125. The number of hydrogen-bond acceptors (Lipinski definition) is 4. The Kier molecular flexibility index (Phi) is 3.10. The van der Waals surface area contributed by atoms with Crippen LogP contribution in [0.4, 0.5) is 0 Å². The van der Waals surface area contributed by atoms with Gasteiger partial charge in [-0.2, -0.15) is 0 Å². The Hall–Kier alpha value is -2.82. The summed E-state index contributed by atoms with van der Waals surface area (Å²) < 4.78 is 1.38. The number of fused-ring (bicyclic) bond motifs is 4. The minimum Gasteiger partial charge on any atom is -0.285 e. The van der Waals surface area contributed by atoms with Gasteiger partial charge in [0.25, 0.3) is 5.56 Å². The predicted molar refractivity (Wildman–Crippen MR) is 79.9 cm³/mol. The first-order valence-electron chi connectivity index (χ1n) is 6.78. The molecule has 21 heavy (non-hydrogen) atoms. The molecule has 104 valence electrons. The Bertz CT molecular complexity index is 913. The molecule has 1 aromatic carbocycles. The van der Waals surface area contributed by atoms with Crippen molar-refractivity contribution >= 4 is 16.7 Å². The number of pyridine rings is 1. The SMILES string of the molecule is CC.O=C1c2ccccc2-n2c1nc1cnccc1c2=O. The van der Waals surface area contributed by atoms with Gasteiger partial charge in [0, 0.05) is 6.20 Å². The van der Waals surface area contributed by atoms with Crippen LogP contribution >= 0.6 is 0 Å². The van der Waals surface area contributed by atoms with Crippen molar-refractivity contribution in [3.8, 4) is 5.69 Å². The van der Waals surface area contributed by atoms with Crippen LogP contribution in [-0.2, 0) is 0 Å². The van der Waals surface area contributed by atoms with E-state index in [0.717, 1.165) is 0 Å². The van der Waals surface area contributed by atoms with Gasteiger partial charge in [0.15, 0.2) is 5.82 Å². The molecule has 0 saturated heterocycles. The minimum absolute atomic E-state index is 0.159. The van der Waals surface area contributed by atoms with Crippen molar-refractivity contribution in [1.82, 2.24) is 14.5 Å². The van der Waals surface area contributed by atoms with Crippen molar-refractivity contribution in [3.63, 3.8) is 0 Å². The highest BCUT2D eigenvalue weighted by molar-refractivity contribution is 6.13. The zero-order valence-corrected chi connectivity index (χ0v) is 11.7. The van der Waals surface area contributed by atoms with Crippen LogP contribution in [0.2, 0.25) is 0 Å². The van der Waals surface area contributed by atoms with E-state index in [9.17, 15) is 9.59 Å². The zero-order chi connectivity index (χ0) is 15.0. The highest BCUT2D eigenvalue weighted by Crippen LogP contribution is 2.25. The standard InChI is InChI=1S/C14H7N3O2.C2H6/c18-12-9-3-1-2-4-11(9)17-13(12)16-10-7-15-6-5-8(10)14(17)19;1-2/h1-7H;1-2H3. The van der Waals surface area contributed by atoms with E-state index < -0.39 is 0 Å². The van der Waals surface area contributed by atoms with Crippen LogP contribution in [-0.4, -0.2) is 20.3 Å². The molecule has 3 aromatic rings. The average Bonchev–Trinajstić information content (AvgIpc) is 2.83. The summed E-state index contributed by atoms with van der Waals surface area (Å²) in [6.45, 7) is 4.00. The monoisotopic (exact) mass is 279 g/mol. The van der Waals surface area contributed by atoms with Gasteiger partial charge in [-0.1, -0.05) is 26.0 Å². The van der Waals surface area contributed by atoms with Gasteiger partial charge in [-0.15, -0.1) is 0 Å². The molecule has 5 nitrogen and oxygen atoms in total. The molecule has 5 heteroatoms. The van der Waals surface area contributed by atoms with Crippen LogP contribution in [0.5, 0.6) is 0 Å². The first-order valence-corrected chi connectivity index (χ1v) is 6.78. The van der Waals surface area contributed by atoms with E-state index in [2.05, 4.69) is 9.97 Å². The third-order valence-electron chi connectivity index (χ3n) is 3.26. The smallest absolute Gasteiger partial charge is 0.266 e. The third kappa shape index (κ3) is 1.78. The summed E-state index contributed by atoms with van der Waals surface area (Å²) in [5, 5.41) is 0.461. The van der Waals surface area contributed by atoms with E-state index in [4.69, 9.17) is 0 Å². The highest BCUT2D eigenvalue weighted by Gasteiger charge is 2.29. The quantitative estimate of drug-likeness (QED) is 0.495. The highest BCUT2D eigenvalue weighted by atomic mass is 16.1. The van der Waals surface area contributed by atoms with Crippen molar-refractivity contribution in [2.45, 2.75) is 13.8 Å². The number of benzene rings is 1. The molecule has 0 aliphatic carbocycles. The molecular formula is C16H13N3O2. The van der Waals surface area contributed by atoms with E-state index in [1.807, 2.05) is 13.8 Å². The van der Waals surface area contributed by atoms with Crippen LogP contribution < -0.4 is 5.56 Å². The van der Waals surface area contributed by atoms with Crippen molar-refractivity contribution < 1.29 is 4.79 Å². The van der Waals surface area contributed by atoms with Gasteiger partial charge in [0.1, 0.15) is 0 Å². The topological polar surface area (TPSA) is 64.8 Å². The van der Waals surface area contributed by atoms with Gasteiger partial charge >= 0.3 is 0 Å². The van der Waals surface area contributed by atoms with E-state index in [1.165, 1.54) is 10.8 Å². The number of carbonyl (C=O) groups is 1. The van der Waals surface area contributed by atoms with Crippen LogP contribution in [0, 0.1) is 0 Å². The van der Waals surface area contributed by atoms with Crippen molar-refractivity contribution in [3.05, 3.63) is 64.5 Å².